The van der Waals surface area contributed by atoms with Gasteiger partial charge in [-0.25, -0.2) is 0 Å². The van der Waals surface area contributed by atoms with Gasteiger partial charge < -0.3 is 9.30 Å². The molecule has 2 aromatic carbocycles. The lowest BCUT2D eigenvalue weighted by Gasteiger charge is -2.33. The number of thioether (sulfide) groups is 1. The Balaban J connectivity index is 1.23. The third-order valence-corrected chi connectivity index (χ3v) is 7.31. The van der Waals surface area contributed by atoms with Gasteiger partial charge in [0.1, 0.15) is 10.8 Å². The van der Waals surface area contributed by atoms with E-state index in [1.807, 2.05) is 68.6 Å². The Kier molecular flexibility index (Phi) is 6.47. The van der Waals surface area contributed by atoms with Crippen molar-refractivity contribution in [1.29, 1.82) is 0 Å². The lowest BCUT2D eigenvalue weighted by Crippen LogP contribution is -2.41. The van der Waals surface area contributed by atoms with Crippen LogP contribution in [0.2, 0.25) is 0 Å². The Bertz CT molecular complexity index is 1370. The minimum absolute atomic E-state index is 0.0292. The molecule has 2 amide bonds. The van der Waals surface area contributed by atoms with E-state index in [0.717, 1.165) is 10.6 Å². The number of nitrogens with one attached hydrogen (secondary N) is 1. The number of nitrogens with zero attached hydrogens (tertiary/aromatic N) is 6. The molecule has 1 N–H and O–H groups in total. The minimum atomic E-state index is -0.369. The molecule has 0 saturated carbocycles. The van der Waals surface area contributed by atoms with Crippen LogP contribution in [0.4, 0.5) is 10.8 Å². The molecule has 0 bridgehead atoms. The molecule has 0 unspecified atom stereocenters. The number of amides is 2. The van der Waals surface area contributed by atoms with Gasteiger partial charge in [-0.15, -0.1) is 20.4 Å². The highest BCUT2D eigenvalue weighted by molar-refractivity contribution is 7.99. The fraction of sp³-hybridized carbons (Fsp3) is 0.217. The van der Waals surface area contributed by atoms with Crippen LogP contribution in [-0.2, 0) is 16.6 Å². The van der Waals surface area contributed by atoms with Gasteiger partial charge in [0.05, 0.1) is 17.5 Å². The maximum Gasteiger partial charge on any atom is 0.265 e. The van der Waals surface area contributed by atoms with Crippen LogP contribution in [0.1, 0.15) is 18.8 Å². The van der Waals surface area contributed by atoms with Crippen LogP contribution in [0.25, 0.3) is 10.6 Å². The van der Waals surface area contributed by atoms with Crippen molar-refractivity contribution < 1.29 is 14.3 Å². The molecule has 1 aliphatic rings. The van der Waals surface area contributed by atoms with Gasteiger partial charge in [-0.1, -0.05) is 65.6 Å². The molecule has 4 aromatic rings. The normalized spacial score (nSPS) is 13.8. The van der Waals surface area contributed by atoms with Crippen molar-refractivity contribution in [2.45, 2.75) is 18.1 Å². The monoisotopic (exact) mass is 507 g/mol. The Hall–Kier alpha value is -3.77. The molecule has 35 heavy (non-hydrogen) atoms. The lowest BCUT2D eigenvalue weighted by molar-refractivity contribution is -0.121. The molecule has 178 valence electrons. The van der Waals surface area contributed by atoms with E-state index < -0.39 is 0 Å². The molecule has 0 saturated heterocycles. The number of anilines is 2. The van der Waals surface area contributed by atoms with Gasteiger partial charge >= 0.3 is 0 Å². The van der Waals surface area contributed by atoms with E-state index in [-0.39, 0.29) is 30.2 Å². The lowest BCUT2D eigenvalue weighted by atomic mass is 10.1. The predicted molar refractivity (Wildman–Crippen MR) is 134 cm³/mol. The molecule has 5 rings (SSSR count). The van der Waals surface area contributed by atoms with E-state index in [1.54, 1.807) is 9.47 Å². The van der Waals surface area contributed by atoms with Crippen LogP contribution in [0.3, 0.4) is 0 Å². The maximum atomic E-state index is 12.6. The highest BCUT2D eigenvalue weighted by atomic mass is 32.2. The van der Waals surface area contributed by atoms with Crippen molar-refractivity contribution in [1.82, 2.24) is 25.0 Å². The third kappa shape index (κ3) is 4.75. The number of hydrogen-bond acceptors (Lipinski definition) is 9. The first-order valence-corrected chi connectivity index (χ1v) is 12.6. The standard InChI is InChI=1S/C23H21N7O3S2/c1-14(30-16-10-6-7-11-17(16)33-12-19(30)32)20-25-28-23(29(20)2)34-13-18(31)24-22-27-26-21(35-22)15-8-4-3-5-9-15/h3-11,14H,12-13H2,1-2H3,(H,24,27,31)/t14-/m1/s1. The zero-order chi connectivity index (χ0) is 24.4. The van der Waals surface area contributed by atoms with Crippen molar-refractivity contribution in [3.63, 3.8) is 0 Å². The molecular weight excluding hydrogens is 486 g/mol. The number of benzene rings is 2. The quantitative estimate of drug-likeness (QED) is 0.378. The van der Waals surface area contributed by atoms with Crippen LogP contribution >= 0.6 is 23.1 Å². The summed E-state index contributed by atoms with van der Waals surface area (Å²) in [5, 5.41) is 21.3. The Morgan fingerprint density at radius 1 is 1.11 bits per heavy atom. The number of carbonyl (C=O) groups is 2. The number of ether oxygens (including phenoxy) is 1. The summed E-state index contributed by atoms with van der Waals surface area (Å²) in [6.07, 6.45) is 0. The van der Waals surface area contributed by atoms with Crippen LogP contribution in [0, 0.1) is 0 Å². The maximum absolute atomic E-state index is 12.6. The fourth-order valence-corrected chi connectivity index (χ4v) is 5.22. The largest absolute Gasteiger partial charge is 0.482 e. The van der Waals surface area contributed by atoms with Crippen molar-refractivity contribution in [2.24, 2.45) is 7.05 Å². The molecule has 0 spiro atoms. The molecule has 1 atom stereocenters. The summed E-state index contributed by atoms with van der Waals surface area (Å²) < 4.78 is 7.33. The second kappa shape index (κ2) is 9.84. The van der Waals surface area contributed by atoms with E-state index in [1.165, 1.54) is 23.1 Å². The topological polar surface area (TPSA) is 115 Å². The number of para-hydroxylation sites is 2. The fourth-order valence-electron chi connectivity index (χ4n) is 3.73. The van der Waals surface area contributed by atoms with Crippen LogP contribution in [0.15, 0.2) is 59.8 Å². The zero-order valence-electron chi connectivity index (χ0n) is 18.9. The molecule has 0 radical (unpaired) electrons. The van der Waals surface area contributed by atoms with Gasteiger partial charge in [0.15, 0.2) is 17.6 Å². The van der Waals surface area contributed by atoms with E-state index in [9.17, 15) is 9.59 Å². The van der Waals surface area contributed by atoms with Gasteiger partial charge in [0, 0.05) is 12.6 Å². The highest BCUT2D eigenvalue weighted by Gasteiger charge is 2.32. The minimum Gasteiger partial charge on any atom is -0.482 e. The summed E-state index contributed by atoms with van der Waals surface area (Å²) in [5.41, 5.74) is 1.64. The second-order valence-corrected chi connectivity index (χ2v) is 9.63. The Labute approximate surface area is 209 Å². The SMILES string of the molecule is C[C@H](c1nnc(SCC(=O)Nc2nnc(-c3ccccc3)s2)n1C)N1C(=O)COc2ccccc21. The second-order valence-electron chi connectivity index (χ2n) is 7.71. The molecule has 0 fully saturated rings. The molecule has 10 nitrogen and oxygen atoms in total. The van der Waals surface area contributed by atoms with Gasteiger partial charge in [-0.2, -0.15) is 0 Å². The van der Waals surface area contributed by atoms with Crippen molar-refractivity contribution in [2.75, 3.05) is 22.6 Å². The van der Waals surface area contributed by atoms with E-state index in [0.29, 0.717) is 27.5 Å². The summed E-state index contributed by atoms with van der Waals surface area (Å²) in [5.74, 6) is 1.01. The first-order chi connectivity index (χ1) is 17.0. The average molecular weight is 508 g/mol. The smallest absolute Gasteiger partial charge is 0.265 e. The summed E-state index contributed by atoms with van der Waals surface area (Å²) in [6, 6.07) is 16.7. The van der Waals surface area contributed by atoms with E-state index in [2.05, 4.69) is 25.7 Å². The molecule has 1 aliphatic heterocycles. The molecule has 3 heterocycles. The van der Waals surface area contributed by atoms with Crippen molar-refractivity contribution in [3.05, 3.63) is 60.4 Å². The molecular formula is C23H21N7O3S2. The van der Waals surface area contributed by atoms with Gasteiger partial charge in [0.25, 0.3) is 5.91 Å². The number of rotatable bonds is 7. The Morgan fingerprint density at radius 3 is 2.71 bits per heavy atom. The number of aromatic nitrogens is 5. The van der Waals surface area contributed by atoms with Gasteiger partial charge in [-0.05, 0) is 19.1 Å². The van der Waals surface area contributed by atoms with Crippen molar-refractivity contribution in [3.8, 4) is 16.3 Å². The van der Waals surface area contributed by atoms with Gasteiger partial charge in [-0.3, -0.25) is 19.8 Å². The number of fused-ring (bicyclic) bond motifs is 1. The Morgan fingerprint density at radius 2 is 1.89 bits per heavy atom. The summed E-state index contributed by atoms with van der Waals surface area (Å²) in [4.78, 5) is 26.8. The zero-order valence-corrected chi connectivity index (χ0v) is 20.5. The summed E-state index contributed by atoms with van der Waals surface area (Å²) in [6.45, 7) is 1.86. The highest BCUT2D eigenvalue weighted by Crippen LogP contribution is 2.37. The first kappa shape index (κ1) is 23.0. The predicted octanol–water partition coefficient (Wildman–Crippen LogP) is 3.55. The van der Waals surface area contributed by atoms with Crippen LogP contribution in [-0.4, -0.2) is 49.1 Å². The number of carbonyl (C=O) groups excluding carboxylic acids is 2. The average Bonchev–Trinajstić information content (AvgIpc) is 3.49. The number of hydrogen-bond donors (Lipinski definition) is 1. The van der Waals surface area contributed by atoms with Crippen LogP contribution in [0.5, 0.6) is 5.75 Å². The third-order valence-electron chi connectivity index (χ3n) is 5.40. The molecule has 0 aliphatic carbocycles. The van der Waals surface area contributed by atoms with Crippen LogP contribution < -0.4 is 15.0 Å². The summed E-state index contributed by atoms with van der Waals surface area (Å²) in [7, 11) is 1.82. The first-order valence-electron chi connectivity index (χ1n) is 10.8. The molecule has 12 heteroatoms. The van der Waals surface area contributed by atoms with E-state index in [4.69, 9.17) is 4.74 Å². The van der Waals surface area contributed by atoms with E-state index >= 15 is 0 Å². The van der Waals surface area contributed by atoms with Gasteiger partial charge in [0.2, 0.25) is 11.0 Å². The summed E-state index contributed by atoms with van der Waals surface area (Å²) >= 11 is 2.57. The van der Waals surface area contributed by atoms with Crippen molar-refractivity contribution >= 4 is 45.7 Å². The molecule has 2 aromatic heterocycles.